The molecule has 0 aromatic heterocycles. The van der Waals surface area contributed by atoms with E-state index in [-0.39, 0.29) is 21.8 Å². The molecule has 4 rings (SSSR count). The van der Waals surface area contributed by atoms with E-state index in [4.69, 9.17) is 27.9 Å². The van der Waals surface area contributed by atoms with Crippen LogP contribution >= 0.6 is 51.8 Å². The minimum atomic E-state index is -3.96. The molecule has 1 aliphatic carbocycles. The van der Waals surface area contributed by atoms with Crippen molar-refractivity contribution in [2.75, 3.05) is 13.1 Å². The Morgan fingerprint density at radius 2 is 1.69 bits per heavy atom. The van der Waals surface area contributed by atoms with Gasteiger partial charge < -0.3 is 9.64 Å². The highest BCUT2D eigenvalue weighted by molar-refractivity contribution is 9.10. The highest BCUT2D eigenvalue weighted by Crippen LogP contribution is 2.32. The van der Waals surface area contributed by atoms with Crippen LogP contribution in [0.1, 0.15) is 38.5 Å². The Hall–Kier alpha value is -0.970. The van der Waals surface area contributed by atoms with Crippen LogP contribution in [0.25, 0.3) is 0 Å². The van der Waals surface area contributed by atoms with Gasteiger partial charge in [-0.2, -0.15) is 0 Å². The van der Waals surface area contributed by atoms with Crippen molar-refractivity contribution in [3.8, 4) is 5.75 Å². The second-order valence-electron chi connectivity index (χ2n) is 9.02. The number of piperidine rings is 1. The summed E-state index contributed by atoms with van der Waals surface area (Å²) in [5.74, 6) is -0.0179. The zero-order chi connectivity index (χ0) is 25.2. The van der Waals surface area contributed by atoms with Gasteiger partial charge in [-0.3, -0.25) is 4.79 Å². The molecule has 1 saturated heterocycles. The van der Waals surface area contributed by atoms with Crippen LogP contribution in [0.15, 0.2) is 50.7 Å². The molecule has 1 aliphatic heterocycles. The van der Waals surface area contributed by atoms with Gasteiger partial charge in [0.2, 0.25) is 5.91 Å². The first-order valence-electron chi connectivity index (χ1n) is 11.5. The third kappa shape index (κ3) is 6.87. The van der Waals surface area contributed by atoms with Gasteiger partial charge in [-0.15, -0.1) is 12.6 Å². The van der Waals surface area contributed by atoms with Gasteiger partial charge in [-0.05, 0) is 68.9 Å². The molecule has 190 valence electrons. The number of likely N-dealkylation sites (tertiary alicyclic amines) is 1. The molecule has 1 heterocycles. The standard InChI is InChI=1S/C24H27BrCl2N2O4S2/c25-16-3-8-23(22(34)13-16)35(31,32)28-24(30)15-1-4-17(5-2-15)29-11-9-18(10-12-29)33-19-6-7-20(26)21(27)14-19/h3,6-8,13-15,17-18,34H,1-2,4-5,9-12H2,(H,28,30). The van der Waals surface area contributed by atoms with Gasteiger partial charge in [-0.1, -0.05) is 39.1 Å². The minimum absolute atomic E-state index is 0.00275. The summed E-state index contributed by atoms with van der Waals surface area (Å²) >= 11 is 19.6. The number of ether oxygens (including phenoxy) is 1. The van der Waals surface area contributed by atoms with E-state index in [9.17, 15) is 13.2 Å². The van der Waals surface area contributed by atoms with Crippen LogP contribution in [0, 0.1) is 5.92 Å². The first-order chi connectivity index (χ1) is 16.6. The molecule has 6 nitrogen and oxygen atoms in total. The molecule has 2 aromatic carbocycles. The second-order valence-corrected chi connectivity index (χ2v) is 12.9. The van der Waals surface area contributed by atoms with Crippen LogP contribution in [0.3, 0.4) is 0 Å². The lowest BCUT2D eigenvalue weighted by molar-refractivity contribution is -0.124. The number of thiol groups is 1. The largest absolute Gasteiger partial charge is 0.490 e. The maximum Gasteiger partial charge on any atom is 0.265 e. The fraction of sp³-hybridized carbons (Fsp3) is 0.458. The van der Waals surface area contributed by atoms with E-state index in [1.54, 1.807) is 24.3 Å². The normalized spacial score (nSPS) is 22.1. The van der Waals surface area contributed by atoms with Crippen LogP contribution in [-0.2, 0) is 14.8 Å². The van der Waals surface area contributed by atoms with Crippen LogP contribution < -0.4 is 9.46 Å². The molecule has 11 heteroatoms. The average Bonchev–Trinajstić information content (AvgIpc) is 2.81. The quantitative estimate of drug-likeness (QED) is 0.390. The van der Waals surface area contributed by atoms with Gasteiger partial charge in [0.05, 0.1) is 10.0 Å². The first-order valence-corrected chi connectivity index (χ1v) is 15.0. The Kier molecular flexibility index (Phi) is 8.98. The molecule has 1 amide bonds. The molecule has 0 atom stereocenters. The van der Waals surface area contributed by atoms with Crippen LogP contribution in [0.2, 0.25) is 10.0 Å². The van der Waals surface area contributed by atoms with Gasteiger partial charge in [0.1, 0.15) is 16.7 Å². The molecule has 1 saturated carbocycles. The van der Waals surface area contributed by atoms with Crippen molar-refractivity contribution < 1.29 is 17.9 Å². The number of hydrogen-bond acceptors (Lipinski definition) is 6. The van der Waals surface area contributed by atoms with Crippen LogP contribution in [0.4, 0.5) is 0 Å². The molecule has 2 aliphatic rings. The van der Waals surface area contributed by atoms with E-state index in [0.717, 1.165) is 49.0 Å². The SMILES string of the molecule is O=C(NS(=O)(=O)c1ccc(Br)cc1S)C1CCC(N2CCC(Oc3ccc(Cl)c(Cl)c3)CC2)CC1. The molecule has 0 spiro atoms. The van der Waals surface area contributed by atoms with E-state index < -0.39 is 15.9 Å². The molecule has 0 unspecified atom stereocenters. The predicted octanol–water partition coefficient (Wildman–Crippen LogP) is 5.95. The highest BCUT2D eigenvalue weighted by atomic mass is 79.9. The smallest absolute Gasteiger partial charge is 0.265 e. The van der Waals surface area contributed by atoms with E-state index in [0.29, 0.717) is 28.9 Å². The number of nitrogens with one attached hydrogen (secondary N) is 1. The lowest BCUT2D eigenvalue weighted by atomic mass is 9.84. The summed E-state index contributed by atoms with van der Waals surface area (Å²) in [6.45, 7) is 1.85. The van der Waals surface area contributed by atoms with E-state index >= 15 is 0 Å². The number of benzene rings is 2. The molecular formula is C24H27BrCl2N2O4S2. The van der Waals surface area contributed by atoms with Crippen molar-refractivity contribution in [3.63, 3.8) is 0 Å². The third-order valence-electron chi connectivity index (χ3n) is 6.70. The Labute approximate surface area is 230 Å². The third-order valence-corrected chi connectivity index (χ3v) is 9.86. The lowest BCUT2D eigenvalue weighted by Crippen LogP contribution is -2.46. The summed E-state index contributed by atoms with van der Waals surface area (Å²) in [4.78, 5) is 15.5. The topological polar surface area (TPSA) is 75.7 Å². The summed E-state index contributed by atoms with van der Waals surface area (Å²) in [6.07, 6.45) is 5.03. The summed E-state index contributed by atoms with van der Waals surface area (Å²) in [6, 6.07) is 10.4. The zero-order valence-corrected chi connectivity index (χ0v) is 23.7. The Morgan fingerprint density at radius 3 is 2.31 bits per heavy atom. The zero-order valence-electron chi connectivity index (χ0n) is 18.9. The maximum absolute atomic E-state index is 12.7. The Bertz CT molecular complexity index is 1180. The van der Waals surface area contributed by atoms with Crippen molar-refractivity contribution in [1.82, 2.24) is 9.62 Å². The molecule has 2 fully saturated rings. The first kappa shape index (κ1) is 27.1. The molecular weight excluding hydrogens is 595 g/mol. The van der Waals surface area contributed by atoms with Gasteiger partial charge in [0, 0.05) is 40.5 Å². The predicted molar refractivity (Wildman–Crippen MR) is 144 cm³/mol. The number of carbonyl (C=O) groups is 1. The van der Waals surface area contributed by atoms with Crippen molar-refractivity contribution in [2.24, 2.45) is 5.92 Å². The van der Waals surface area contributed by atoms with Crippen molar-refractivity contribution in [3.05, 3.63) is 50.9 Å². The van der Waals surface area contributed by atoms with Crippen LogP contribution in [0.5, 0.6) is 5.75 Å². The number of carbonyl (C=O) groups excluding carboxylic acids is 1. The number of amides is 1. The molecule has 0 bridgehead atoms. The summed E-state index contributed by atoms with van der Waals surface area (Å²) in [7, 11) is -3.96. The summed E-state index contributed by atoms with van der Waals surface area (Å²) < 4.78 is 34.5. The molecule has 35 heavy (non-hydrogen) atoms. The summed E-state index contributed by atoms with van der Waals surface area (Å²) in [5, 5.41) is 0.994. The van der Waals surface area contributed by atoms with E-state index in [1.165, 1.54) is 6.07 Å². The average molecular weight is 622 g/mol. The number of nitrogens with zero attached hydrogens (tertiary/aromatic N) is 1. The molecule has 0 radical (unpaired) electrons. The van der Waals surface area contributed by atoms with Gasteiger partial charge in [0.25, 0.3) is 10.0 Å². The van der Waals surface area contributed by atoms with E-state index in [1.807, 2.05) is 6.07 Å². The second kappa shape index (κ2) is 11.6. The number of sulfonamides is 1. The van der Waals surface area contributed by atoms with Gasteiger partial charge in [0.15, 0.2) is 0 Å². The Morgan fingerprint density at radius 1 is 1.00 bits per heavy atom. The minimum Gasteiger partial charge on any atom is -0.490 e. The lowest BCUT2D eigenvalue weighted by Gasteiger charge is -2.40. The number of halogens is 3. The van der Waals surface area contributed by atoms with Crippen molar-refractivity contribution in [1.29, 1.82) is 0 Å². The van der Waals surface area contributed by atoms with Crippen molar-refractivity contribution in [2.45, 2.75) is 60.5 Å². The molecule has 1 N–H and O–H groups in total. The number of hydrogen-bond donors (Lipinski definition) is 2. The monoisotopic (exact) mass is 620 g/mol. The van der Waals surface area contributed by atoms with Gasteiger partial charge >= 0.3 is 0 Å². The highest BCUT2D eigenvalue weighted by Gasteiger charge is 2.33. The fourth-order valence-corrected chi connectivity index (χ4v) is 7.32. The van der Waals surface area contributed by atoms with Crippen molar-refractivity contribution >= 4 is 67.7 Å². The summed E-state index contributed by atoms with van der Waals surface area (Å²) in [5.41, 5.74) is 0. The number of rotatable bonds is 6. The Balaban J connectivity index is 1.24. The maximum atomic E-state index is 12.7. The van der Waals surface area contributed by atoms with Crippen LogP contribution in [-0.4, -0.2) is 44.5 Å². The van der Waals surface area contributed by atoms with Gasteiger partial charge in [-0.25, -0.2) is 13.1 Å². The van der Waals surface area contributed by atoms with E-state index in [2.05, 4.69) is 38.2 Å². The molecule has 2 aromatic rings. The fourth-order valence-electron chi connectivity index (χ4n) is 4.79.